The molecule has 0 fully saturated rings. The molecule has 5 nitrogen and oxygen atoms in total. The van der Waals surface area contributed by atoms with E-state index in [0.717, 1.165) is 43.8 Å². The first-order valence-electron chi connectivity index (χ1n) is 11.8. The molecule has 188 valence electrons. The Morgan fingerprint density at radius 3 is 2.29 bits per heavy atom. The van der Waals surface area contributed by atoms with Crippen LogP contribution in [0.4, 0.5) is 13.2 Å². The SMILES string of the molecule is CCN(CCCC[C@@H](Cc1cc(C)c(C)c(C)c1)C(=O)NO)[C@H](C)c1ccc(C(F)(F)F)cn1. The Morgan fingerprint density at radius 2 is 1.79 bits per heavy atom. The molecule has 0 aliphatic rings. The third kappa shape index (κ3) is 7.53. The molecule has 0 radical (unpaired) electrons. The van der Waals surface area contributed by atoms with Crippen LogP contribution in [0.25, 0.3) is 0 Å². The van der Waals surface area contributed by atoms with Gasteiger partial charge in [-0.05, 0) is 94.4 Å². The number of halogens is 3. The van der Waals surface area contributed by atoms with E-state index in [2.05, 4.69) is 42.8 Å². The molecule has 1 aromatic heterocycles. The van der Waals surface area contributed by atoms with Crippen LogP contribution in [-0.4, -0.2) is 34.1 Å². The van der Waals surface area contributed by atoms with Crippen LogP contribution < -0.4 is 5.48 Å². The Kier molecular flexibility index (Phi) is 10.1. The number of amides is 1. The summed E-state index contributed by atoms with van der Waals surface area (Å²) in [5.74, 6) is -0.721. The van der Waals surface area contributed by atoms with Crippen molar-refractivity contribution >= 4 is 5.91 Å². The summed E-state index contributed by atoms with van der Waals surface area (Å²) < 4.78 is 38.4. The highest BCUT2D eigenvalue weighted by Crippen LogP contribution is 2.30. The highest BCUT2D eigenvalue weighted by Gasteiger charge is 2.31. The number of carbonyl (C=O) groups is 1. The number of nitrogens with zero attached hydrogens (tertiary/aromatic N) is 2. The van der Waals surface area contributed by atoms with Crippen molar-refractivity contribution in [2.75, 3.05) is 13.1 Å². The predicted octanol–water partition coefficient (Wildman–Crippen LogP) is 5.94. The summed E-state index contributed by atoms with van der Waals surface area (Å²) >= 11 is 0. The first kappa shape index (κ1) is 27.8. The van der Waals surface area contributed by atoms with Gasteiger partial charge in [0.05, 0.1) is 11.3 Å². The van der Waals surface area contributed by atoms with Crippen LogP contribution in [0.15, 0.2) is 30.5 Å². The molecule has 0 spiro atoms. The second-order valence-corrected chi connectivity index (χ2v) is 9.00. The van der Waals surface area contributed by atoms with Gasteiger partial charge in [0.25, 0.3) is 0 Å². The number of pyridine rings is 1. The van der Waals surface area contributed by atoms with Crippen LogP contribution in [-0.2, 0) is 17.4 Å². The van der Waals surface area contributed by atoms with Crippen molar-refractivity contribution in [3.63, 3.8) is 0 Å². The topological polar surface area (TPSA) is 65.5 Å². The minimum absolute atomic E-state index is 0.123. The molecule has 2 aromatic rings. The van der Waals surface area contributed by atoms with Gasteiger partial charge in [-0.15, -0.1) is 0 Å². The number of benzene rings is 1. The second-order valence-electron chi connectivity index (χ2n) is 9.00. The van der Waals surface area contributed by atoms with Crippen molar-refractivity contribution < 1.29 is 23.2 Å². The fourth-order valence-electron chi connectivity index (χ4n) is 4.28. The van der Waals surface area contributed by atoms with Crippen LogP contribution in [0.5, 0.6) is 0 Å². The molecule has 0 aliphatic heterocycles. The number of aromatic nitrogens is 1. The van der Waals surface area contributed by atoms with Crippen LogP contribution in [0.1, 0.15) is 72.7 Å². The molecule has 2 N–H and O–H groups in total. The van der Waals surface area contributed by atoms with Gasteiger partial charge in [-0.1, -0.05) is 25.5 Å². The standard InChI is InChI=1S/C26H36F3N3O2/c1-6-32(20(5)24-11-10-23(16-30-24)26(27,28)29)12-8-7-9-22(25(33)31-34)15-21-13-17(2)19(4)18(3)14-21/h10-11,13-14,16,20,22,34H,6-9,12,15H2,1-5H3,(H,31,33)/t20-,22+/m1/s1. The minimum Gasteiger partial charge on any atom is -0.295 e. The minimum atomic E-state index is -4.40. The van der Waals surface area contributed by atoms with E-state index in [1.165, 1.54) is 22.8 Å². The number of hydrogen-bond donors (Lipinski definition) is 2. The summed E-state index contributed by atoms with van der Waals surface area (Å²) in [7, 11) is 0. The van der Waals surface area contributed by atoms with Gasteiger partial charge in [0, 0.05) is 18.2 Å². The molecular formula is C26H36F3N3O2. The van der Waals surface area contributed by atoms with Crippen molar-refractivity contribution in [3.8, 4) is 0 Å². The Bertz CT molecular complexity index is 922. The smallest absolute Gasteiger partial charge is 0.295 e. The zero-order valence-corrected chi connectivity index (χ0v) is 20.7. The third-order valence-corrected chi connectivity index (χ3v) is 6.69. The van der Waals surface area contributed by atoms with Gasteiger partial charge in [-0.3, -0.25) is 19.9 Å². The van der Waals surface area contributed by atoms with Gasteiger partial charge in [0.15, 0.2) is 0 Å². The lowest BCUT2D eigenvalue weighted by Crippen LogP contribution is -2.30. The number of hydrogen-bond acceptors (Lipinski definition) is 4. The fraction of sp³-hybridized carbons (Fsp3) is 0.538. The maximum atomic E-state index is 12.8. The zero-order valence-electron chi connectivity index (χ0n) is 20.7. The Morgan fingerprint density at radius 1 is 1.15 bits per heavy atom. The van der Waals surface area contributed by atoms with Gasteiger partial charge in [0.2, 0.25) is 5.91 Å². The Hall–Kier alpha value is -2.45. The second kappa shape index (κ2) is 12.3. The summed E-state index contributed by atoms with van der Waals surface area (Å²) in [4.78, 5) is 18.5. The largest absolute Gasteiger partial charge is 0.417 e. The third-order valence-electron chi connectivity index (χ3n) is 6.69. The lowest BCUT2D eigenvalue weighted by atomic mass is 9.90. The summed E-state index contributed by atoms with van der Waals surface area (Å²) in [5.41, 5.74) is 6.33. The summed E-state index contributed by atoms with van der Waals surface area (Å²) in [6.07, 6.45) is -0.731. The predicted molar refractivity (Wildman–Crippen MR) is 127 cm³/mol. The van der Waals surface area contributed by atoms with Crippen molar-refractivity contribution in [3.05, 3.63) is 64.0 Å². The zero-order chi connectivity index (χ0) is 25.5. The van der Waals surface area contributed by atoms with Crippen LogP contribution in [0, 0.1) is 26.7 Å². The quantitative estimate of drug-likeness (QED) is 0.238. The van der Waals surface area contributed by atoms with Crippen molar-refractivity contribution in [2.45, 2.75) is 72.5 Å². The van der Waals surface area contributed by atoms with Gasteiger partial charge in [-0.25, -0.2) is 5.48 Å². The first-order chi connectivity index (χ1) is 16.0. The molecule has 1 heterocycles. The van der Waals surface area contributed by atoms with E-state index in [1.54, 1.807) is 5.48 Å². The number of carbonyl (C=O) groups excluding carboxylic acids is 1. The van der Waals surface area contributed by atoms with Crippen LogP contribution in [0.3, 0.4) is 0 Å². The van der Waals surface area contributed by atoms with E-state index in [9.17, 15) is 23.2 Å². The van der Waals surface area contributed by atoms with Gasteiger partial charge < -0.3 is 0 Å². The van der Waals surface area contributed by atoms with E-state index in [-0.39, 0.29) is 17.9 Å². The molecule has 0 bridgehead atoms. The summed E-state index contributed by atoms with van der Waals surface area (Å²) in [6.45, 7) is 11.6. The van der Waals surface area contributed by atoms with Crippen LogP contribution >= 0.6 is 0 Å². The Labute approximate surface area is 200 Å². The van der Waals surface area contributed by atoms with E-state index in [0.29, 0.717) is 18.5 Å². The van der Waals surface area contributed by atoms with Crippen molar-refractivity contribution in [1.82, 2.24) is 15.4 Å². The number of unbranched alkanes of at least 4 members (excludes halogenated alkanes) is 1. The highest BCUT2D eigenvalue weighted by atomic mass is 19.4. The lowest BCUT2D eigenvalue weighted by Gasteiger charge is -2.28. The maximum absolute atomic E-state index is 12.8. The van der Waals surface area contributed by atoms with E-state index >= 15 is 0 Å². The number of alkyl halides is 3. The van der Waals surface area contributed by atoms with E-state index in [1.807, 2.05) is 13.8 Å². The summed E-state index contributed by atoms with van der Waals surface area (Å²) in [6, 6.07) is 6.57. The van der Waals surface area contributed by atoms with Crippen molar-refractivity contribution in [2.24, 2.45) is 5.92 Å². The highest BCUT2D eigenvalue weighted by molar-refractivity contribution is 5.77. The normalized spacial score (nSPS) is 13.7. The lowest BCUT2D eigenvalue weighted by molar-refractivity contribution is -0.138. The first-order valence-corrected chi connectivity index (χ1v) is 11.8. The average molecular weight is 480 g/mol. The molecule has 1 amide bonds. The summed E-state index contributed by atoms with van der Waals surface area (Å²) in [5, 5.41) is 9.20. The number of rotatable bonds is 11. The molecule has 34 heavy (non-hydrogen) atoms. The van der Waals surface area contributed by atoms with Crippen molar-refractivity contribution in [1.29, 1.82) is 0 Å². The molecule has 0 saturated heterocycles. The average Bonchev–Trinajstić information content (AvgIpc) is 2.80. The monoisotopic (exact) mass is 479 g/mol. The van der Waals surface area contributed by atoms with E-state index < -0.39 is 11.7 Å². The number of aryl methyl sites for hydroxylation is 2. The van der Waals surface area contributed by atoms with Gasteiger partial charge >= 0.3 is 6.18 Å². The van der Waals surface area contributed by atoms with E-state index in [4.69, 9.17) is 0 Å². The van der Waals surface area contributed by atoms with Gasteiger partial charge in [0.1, 0.15) is 0 Å². The molecule has 0 aliphatic carbocycles. The molecular weight excluding hydrogens is 443 g/mol. The molecule has 1 aromatic carbocycles. The Balaban J connectivity index is 1.94. The molecule has 2 atom stereocenters. The maximum Gasteiger partial charge on any atom is 0.417 e. The molecule has 8 heteroatoms. The van der Waals surface area contributed by atoms with Crippen LogP contribution in [0.2, 0.25) is 0 Å². The number of hydroxylamine groups is 1. The fourth-order valence-corrected chi connectivity index (χ4v) is 4.28. The molecule has 2 rings (SSSR count). The number of nitrogens with one attached hydrogen (secondary N) is 1. The van der Waals surface area contributed by atoms with Gasteiger partial charge in [-0.2, -0.15) is 13.2 Å². The molecule has 0 saturated carbocycles. The molecule has 0 unspecified atom stereocenters.